The lowest BCUT2D eigenvalue weighted by molar-refractivity contribution is 0.0868. The van der Waals surface area contributed by atoms with Gasteiger partial charge in [-0.15, -0.1) is 0 Å². The molecule has 0 atom stereocenters. The Kier molecular flexibility index (Phi) is 5.60. The van der Waals surface area contributed by atoms with E-state index in [-0.39, 0.29) is 11.7 Å². The Morgan fingerprint density at radius 3 is 2.55 bits per heavy atom. The summed E-state index contributed by atoms with van der Waals surface area (Å²) in [5.74, 6) is 1.85. The molecule has 0 N–H and O–H groups in total. The van der Waals surface area contributed by atoms with Crippen molar-refractivity contribution in [3.8, 4) is 5.75 Å². The lowest BCUT2D eigenvalue weighted by atomic mass is 9.79. The highest BCUT2D eigenvalue weighted by Crippen LogP contribution is 2.32. The zero-order chi connectivity index (χ0) is 14.4. The predicted molar refractivity (Wildman–Crippen MR) is 79.3 cm³/mol. The van der Waals surface area contributed by atoms with Crippen molar-refractivity contribution < 1.29 is 14.3 Å². The van der Waals surface area contributed by atoms with Crippen LogP contribution in [0.3, 0.4) is 0 Å². The Labute approximate surface area is 121 Å². The highest BCUT2D eigenvalue weighted by atomic mass is 16.5. The fraction of sp³-hybridized carbons (Fsp3) is 0.588. The molecule has 1 aromatic carbocycles. The van der Waals surface area contributed by atoms with Crippen LogP contribution >= 0.6 is 0 Å². The lowest BCUT2D eigenvalue weighted by Gasteiger charge is -2.25. The highest BCUT2D eigenvalue weighted by Gasteiger charge is 2.26. The van der Waals surface area contributed by atoms with Gasteiger partial charge in [-0.05, 0) is 30.9 Å². The smallest absolute Gasteiger partial charge is 0.169 e. The van der Waals surface area contributed by atoms with Gasteiger partial charge in [0.05, 0.1) is 12.2 Å². The lowest BCUT2D eigenvalue weighted by Crippen LogP contribution is -2.21. The van der Waals surface area contributed by atoms with Crippen molar-refractivity contribution >= 4 is 5.78 Å². The third-order valence-electron chi connectivity index (χ3n) is 4.08. The van der Waals surface area contributed by atoms with Crippen LogP contribution in [0.2, 0.25) is 0 Å². The first-order valence-electron chi connectivity index (χ1n) is 7.47. The van der Waals surface area contributed by atoms with Gasteiger partial charge in [-0.1, -0.05) is 31.9 Å². The quantitative estimate of drug-likeness (QED) is 0.587. The minimum absolute atomic E-state index is 0.165. The van der Waals surface area contributed by atoms with Gasteiger partial charge < -0.3 is 9.47 Å². The molecule has 110 valence electrons. The van der Waals surface area contributed by atoms with E-state index >= 15 is 0 Å². The Hall–Kier alpha value is -1.35. The van der Waals surface area contributed by atoms with Crippen molar-refractivity contribution in [3.63, 3.8) is 0 Å². The number of ketones is 1. The molecule has 1 aliphatic rings. The second-order valence-corrected chi connectivity index (χ2v) is 5.66. The fourth-order valence-electron chi connectivity index (χ4n) is 2.77. The Bertz CT molecular complexity index is 434. The summed E-state index contributed by atoms with van der Waals surface area (Å²) in [4.78, 5) is 12.6. The van der Waals surface area contributed by atoms with E-state index in [2.05, 4.69) is 6.92 Å². The minimum atomic E-state index is 0.165. The molecule has 0 radical (unpaired) electrons. The van der Waals surface area contributed by atoms with Crippen molar-refractivity contribution in [2.45, 2.75) is 32.6 Å². The molecule has 2 rings (SSSR count). The molecular formula is C17H24O3. The van der Waals surface area contributed by atoms with E-state index in [1.807, 2.05) is 24.3 Å². The predicted octanol–water partition coefficient (Wildman–Crippen LogP) is 3.72. The average Bonchev–Trinajstić information content (AvgIpc) is 2.48. The maximum absolute atomic E-state index is 12.6. The maximum Gasteiger partial charge on any atom is 0.169 e. The molecule has 0 spiro atoms. The number of carbonyl (C=O) groups excluding carboxylic acids is 1. The van der Waals surface area contributed by atoms with Crippen LogP contribution < -0.4 is 4.74 Å². The molecule has 1 aromatic rings. The molecule has 1 fully saturated rings. The molecule has 0 unspecified atom stereocenters. The summed E-state index contributed by atoms with van der Waals surface area (Å²) >= 11 is 0. The number of methoxy groups -OCH3 is 1. The van der Waals surface area contributed by atoms with Gasteiger partial charge in [0.1, 0.15) is 12.4 Å². The molecular weight excluding hydrogens is 252 g/mol. The molecule has 0 amide bonds. The highest BCUT2D eigenvalue weighted by molar-refractivity contribution is 6.00. The van der Waals surface area contributed by atoms with Gasteiger partial charge in [-0.25, -0.2) is 0 Å². The van der Waals surface area contributed by atoms with E-state index in [9.17, 15) is 4.79 Å². The van der Waals surface area contributed by atoms with Gasteiger partial charge in [0, 0.05) is 13.0 Å². The van der Waals surface area contributed by atoms with E-state index in [0.717, 1.165) is 37.2 Å². The first-order chi connectivity index (χ1) is 9.72. The summed E-state index contributed by atoms with van der Waals surface area (Å²) in [6.45, 7) is 3.27. The third-order valence-corrected chi connectivity index (χ3v) is 4.08. The number of carbonyl (C=O) groups is 1. The molecule has 0 aliphatic heterocycles. The summed E-state index contributed by atoms with van der Waals surface area (Å²) in [7, 11) is 1.64. The van der Waals surface area contributed by atoms with E-state index in [1.54, 1.807) is 7.11 Å². The van der Waals surface area contributed by atoms with Gasteiger partial charge in [-0.2, -0.15) is 0 Å². The monoisotopic (exact) mass is 276 g/mol. The van der Waals surface area contributed by atoms with Crippen molar-refractivity contribution in [1.29, 1.82) is 0 Å². The standard InChI is InChI=1S/C17H24O3/c1-13-7-9-14(10-8-13)17(18)15-5-3-4-6-16(15)20-12-11-19-2/h3-6,13-14H,7-12H2,1-2H3. The summed E-state index contributed by atoms with van der Waals surface area (Å²) < 4.78 is 10.6. The van der Waals surface area contributed by atoms with Crippen molar-refractivity contribution in [1.82, 2.24) is 0 Å². The fourth-order valence-corrected chi connectivity index (χ4v) is 2.77. The first kappa shape index (κ1) is 15.0. The maximum atomic E-state index is 12.6. The summed E-state index contributed by atoms with van der Waals surface area (Å²) in [6.07, 6.45) is 4.32. The van der Waals surface area contributed by atoms with E-state index < -0.39 is 0 Å². The van der Waals surface area contributed by atoms with Crippen LogP contribution in [-0.4, -0.2) is 26.1 Å². The van der Waals surface area contributed by atoms with Gasteiger partial charge in [0.2, 0.25) is 0 Å². The molecule has 0 saturated heterocycles. The number of rotatable bonds is 6. The summed E-state index contributed by atoms with van der Waals surface area (Å²) in [5, 5.41) is 0. The number of ether oxygens (including phenoxy) is 2. The zero-order valence-electron chi connectivity index (χ0n) is 12.4. The molecule has 0 bridgehead atoms. The zero-order valence-corrected chi connectivity index (χ0v) is 12.4. The normalized spacial score (nSPS) is 22.5. The van der Waals surface area contributed by atoms with Gasteiger partial charge in [0.25, 0.3) is 0 Å². The van der Waals surface area contributed by atoms with Crippen LogP contribution in [0.1, 0.15) is 43.0 Å². The van der Waals surface area contributed by atoms with Crippen molar-refractivity contribution in [2.24, 2.45) is 11.8 Å². The van der Waals surface area contributed by atoms with E-state index in [4.69, 9.17) is 9.47 Å². The summed E-state index contributed by atoms with van der Waals surface area (Å²) in [5.41, 5.74) is 0.725. The van der Waals surface area contributed by atoms with Gasteiger partial charge >= 0.3 is 0 Å². The van der Waals surface area contributed by atoms with Crippen LogP contribution in [0.15, 0.2) is 24.3 Å². The number of para-hydroxylation sites is 1. The van der Waals surface area contributed by atoms with Crippen LogP contribution in [0.4, 0.5) is 0 Å². The number of benzene rings is 1. The van der Waals surface area contributed by atoms with Crippen LogP contribution in [-0.2, 0) is 4.74 Å². The molecule has 3 heteroatoms. The Balaban J connectivity index is 2.05. The first-order valence-corrected chi connectivity index (χ1v) is 7.47. The van der Waals surface area contributed by atoms with Gasteiger partial charge in [0.15, 0.2) is 5.78 Å². The molecule has 0 aromatic heterocycles. The van der Waals surface area contributed by atoms with E-state index in [1.165, 1.54) is 0 Å². The van der Waals surface area contributed by atoms with Crippen molar-refractivity contribution in [3.05, 3.63) is 29.8 Å². The molecule has 20 heavy (non-hydrogen) atoms. The van der Waals surface area contributed by atoms with Crippen LogP contribution in [0.5, 0.6) is 5.75 Å². The topological polar surface area (TPSA) is 35.5 Å². The average molecular weight is 276 g/mol. The van der Waals surface area contributed by atoms with E-state index in [0.29, 0.717) is 19.0 Å². The second kappa shape index (κ2) is 7.44. The number of hydrogen-bond donors (Lipinski definition) is 0. The van der Waals surface area contributed by atoms with Gasteiger partial charge in [-0.3, -0.25) is 4.79 Å². The Morgan fingerprint density at radius 1 is 1.15 bits per heavy atom. The van der Waals surface area contributed by atoms with Crippen LogP contribution in [0.25, 0.3) is 0 Å². The largest absolute Gasteiger partial charge is 0.490 e. The molecule has 0 heterocycles. The second-order valence-electron chi connectivity index (χ2n) is 5.66. The SMILES string of the molecule is COCCOc1ccccc1C(=O)C1CCC(C)CC1. The van der Waals surface area contributed by atoms with Crippen molar-refractivity contribution in [2.75, 3.05) is 20.3 Å². The number of hydrogen-bond acceptors (Lipinski definition) is 3. The third kappa shape index (κ3) is 3.83. The molecule has 3 nitrogen and oxygen atoms in total. The molecule has 1 aliphatic carbocycles. The molecule has 1 saturated carbocycles. The minimum Gasteiger partial charge on any atom is -0.490 e. The van der Waals surface area contributed by atoms with Crippen LogP contribution in [0, 0.1) is 11.8 Å². The Morgan fingerprint density at radius 2 is 1.85 bits per heavy atom. The number of Topliss-reactive ketones (excluding diaryl/α,β-unsaturated/α-hetero) is 1. The summed E-state index contributed by atoms with van der Waals surface area (Å²) in [6, 6.07) is 7.56.